The summed E-state index contributed by atoms with van der Waals surface area (Å²) in [6.07, 6.45) is -8.94. The standard InChI is InChI=1S/C28H36Br2N4O3.2C2HF3O2/c1-27(2,3)21-8-6-19(7-9-21)17-28(18-20-14-22(29)16-23(30)15-20)24(35)33(12-4-10-31)26(37)34(25(28)36)13-5-11-32;2*3-2(4,5)1(6)7/h6-9,14-16H,4-5,10-13,17-18,31-32H2,1-3H3;2*(H,6,7). The molecule has 1 fully saturated rings. The number of carboxylic acids is 2. The molecule has 0 aromatic heterocycles. The van der Waals surface area contributed by atoms with Gasteiger partial charge in [0.2, 0.25) is 11.8 Å². The Balaban J connectivity index is 0.000000780. The Morgan fingerprint density at radius 3 is 1.37 bits per heavy atom. The fourth-order valence-electron chi connectivity index (χ4n) is 4.72. The lowest BCUT2D eigenvalue weighted by Crippen LogP contribution is -2.67. The number of urea groups is 1. The highest BCUT2D eigenvalue weighted by Crippen LogP contribution is 2.38. The molecule has 1 aliphatic heterocycles. The highest BCUT2D eigenvalue weighted by molar-refractivity contribution is 9.11. The van der Waals surface area contributed by atoms with Crippen LogP contribution in [0.15, 0.2) is 51.4 Å². The van der Waals surface area contributed by atoms with Gasteiger partial charge < -0.3 is 21.7 Å². The van der Waals surface area contributed by atoms with Gasteiger partial charge in [0.1, 0.15) is 5.41 Å². The number of amides is 4. The van der Waals surface area contributed by atoms with Crippen molar-refractivity contribution in [3.05, 3.63) is 68.1 Å². The predicted molar refractivity (Wildman–Crippen MR) is 180 cm³/mol. The van der Waals surface area contributed by atoms with Crippen LogP contribution in [0, 0.1) is 5.41 Å². The monoisotopic (exact) mass is 862 g/mol. The zero-order valence-electron chi connectivity index (χ0n) is 27.7. The second-order valence-corrected chi connectivity index (χ2v) is 14.1. The quantitative estimate of drug-likeness (QED) is 0.164. The molecular formula is C32H38Br2F6N4O7. The molecule has 0 unspecified atom stereocenters. The third-order valence-corrected chi connectivity index (χ3v) is 8.10. The van der Waals surface area contributed by atoms with Crippen molar-refractivity contribution >= 4 is 61.6 Å². The van der Waals surface area contributed by atoms with Crippen LogP contribution >= 0.6 is 31.9 Å². The molecule has 0 bridgehead atoms. The van der Waals surface area contributed by atoms with Crippen LogP contribution in [0.4, 0.5) is 31.1 Å². The Morgan fingerprint density at radius 2 is 1.06 bits per heavy atom. The second-order valence-electron chi connectivity index (χ2n) is 12.2. The molecule has 1 saturated heterocycles. The molecule has 51 heavy (non-hydrogen) atoms. The number of carbonyl (C=O) groups excluding carboxylic acids is 3. The van der Waals surface area contributed by atoms with E-state index in [2.05, 4.69) is 52.6 Å². The minimum atomic E-state index is -5.08. The van der Waals surface area contributed by atoms with Gasteiger partial charge in [0, 0.05) is 22.0 Å². The van der Waals surface area contributed by atoms with Crippen LogP contribution in [-0.2, 0) is 37.4 Å². The van der Waals surface area contributed by atoms with Crippen LogP contribution in [0.1, 0.15) is 50.3 Å². The number of nitrogens with zero attached hydrogens (tertiary/aromatic N) is 2. The summed E-state index contributed by atoms with van der Waals surface area (Å²) in [5, 5.41) is 14.2. The molecule has 0 aliphatic carbocycles. The van der Waals surface area contributed by atoms with E-state index in [1.54, 1.807) is 0 Å². The first kappa shape index (κ1) is 45.5. The molecule has 11 nitrogen and oxygen atoms in total. The highest BCUT2D eigenvalue weighted by Gasteiger charge is 2.57. The average Bonchev–Trinajstić information content (AvgIpc) is 2.99. The number of nitrogens with two attached hydrogens (primary N) is 2. The van der Waals surface area contributed by atoms with E-state index >= 15 is 0 Å². The summed E-state index contributed by atoms with van der Waals surface area (Å²) in [5.74, 6) is -6.47. The second kappa shape index (κ2) is 18.8. The van der Waals surface area contributed by atoms with E-state index in [0.717, 1.165) is 25.6 Å². The van der Waals surface area contributed by atoms with Gasteiger partial charge in [-0.2, -0.15) is 26.3 Å². The first-order valence-electron chi connectivity index (χ1n) is 15.0. The molecule has 1 heterocycles. The molecule has 284 valence electrons. The normalized spacial score (nSPS) is 14.7. The van der Waals surface area contributed by atoms with Gasteiger partial charge in [0.15, 0.2) is 0 Å². The van der Waals surface area contributed by atoms with E-state index in [1.165, 1.54) is 9.80 Å². The largest absolute Gasteiger partial charge is 0.490 e. The minimum Gasteiger partial charge on any atom is -0.475 e. The van der Waals surface area contributed by atoms with Crippen molar-refractivity contribution in [1.29, 1.82) is 0 Å². The van der Waals surface area contributed by atoms with Crippen molar-refractivity contribution < 1.29 is 60.5 Å². The summed E-state index contributed by atoms with van der Waals surface area (Å²) in [6.45, 7) is 7.39. The number of imide groups is 2. The first-order chi connectivity index (χ1) is 23.3. The van der Waals surface area contributed by atoms with E-state index in [1.807, 2.05) is 42.5 Å². The lowest BCUT2D eigenvalue weighted by atomic mass is 9.72. The summed E-state index contributed by atoms with van der Waals surface area (Å²) in [7, 11) is 0. The van der Waals surface area contributed by atoms with Crippen LogP contribution in [0.5, 0.6) is 0 Å². The van der Waals surface area contributed by atoms with E-state index in [0.29, 0.717) is 25.9 Å². The summed E-state index contributed by atoms with van der Waals surface area (Å²) < 4.78 is 65.1. The van der Waals surface area contributed by atoms with E-state index in [4.69, 9.17) is 31.3 Å². The number of benzene rings is 2. The Hall–Kier alpha value is -3.55. The lowest BCUT2D eigenvalue weighted by Gasteiger charge is -2.44. The van der Waals surface area contributed by atoms with Gasteiger partial charge in [-0.05, 0) is 79.1 Å². The number of hydrogen-bond acceptors (Lipinski definition) is 7. The SMILES string of the molecule is CC(C)(C)c1ccc(CC2(Cc3cc(Br)cc(Br)c3)C(=O)N(CCCN)C(=O)N(CCCN)C2=O)cc1.O=C(O)C(F)(F)F.O=C(O)C(F)(F)F. The fraction of sp³-hybridized carbons (Fsp3) is 0.469. The van der Waals surface area contributed by atoms with Crippen molar-refractivity contribution in [3.63, 3.8) is 0 Å². The highest BCUT2D eigenvalue weighted by atomic mass is 79.9. The Kier molecular flexibility index (Phi) is 16.8. The summed E-state index contributed by atoms with van der Waals surface area (Å²) >= 11 is 7.04. The van der Waals surface area contributed by atoms with Crippen molar-refractivity contribution in [2.75, 3.05) is 26.2 Å². The van der Waals surface area contributed by atoms with Crippen LogP contribution < -0.4 is 11.5 Å². The molecule has 2 aromatic rings. The zero-order chi connectivity index (χ0) is 39.5. The minimum absolute atomic E-state index is 0.0280. The fourth-order valence-corrected chi connectivity index (χ4v) is 6.11. The van der Waals surface area contributed by atoms with Gasteiger partial charge in [-0.25, -0.2) is 14.4 Å². The molecule has 3 rings (SSSR count). The number of halogens is 8. The molecule has 4 amide bonds. The van der Waals surface area contributed by atoms with Gasteiger partial charge in [-0.1, -0.05) is 76.9 Å². The lowest BCUT2D eigenvalue weighted by molar-refractivity contribution is -0.193. The number of carboxylic acid groups (broad SMARTS) is 2. The van der Waals surface area contributed by atoms with Gasteiger partial charge in [-0.3, -0.25) is 19.4 Å². The van der Waals surface area contributed by atoms with Crippen molar-refractivity contribution in [1.82, 2.24) is 9.80 Å². The van der Waals surface area contributed by atoms with Gasteiger partial charge in [0.05, 0.1) is 0 Å². The molecule has 0 saturated carbocycles. The summed E-state index contributed by atoms with van der Waals surface area (Å²) in [5.41, 5.74) is 12.7. The molecule has 2 aromatic carbocycles. The van der Waals surface area contributed by atoms with Crippen molar-refractivity contribution in [3.8, 4) is 0 Å². The zero-order valence-corrected chi connectivity index (χ0v) is 30.9. The van der Waals surface area contributed by atoms with Crippen LogP contribution in [0.3, 0.4) is 0 Å². The van der Waals surface area contributed by atoms with E-state index in [-0.39, 0.29) is 31.3 Å². The Bertz CT molecular complexity index is 1470. The predicted octanol–water partition coefficient (Wildman–Crippen LogP) is 6.04. The molecule has 0 spiro atoms. The average molecular weight is 864 g/mol. The van der Waals surface area contributed by atoms with Crippen molar-refractivity contribution in [2.45, 2.75) is 64.2 Å². The molecule has 6 N–H and O–H groups in total. The van der Waals surface area contributed by atoms with Crippen LogP contribution in [0.25, 0.3) is 0 Å². The molecule has 1 aliphatic rings. The maximum absolute atomic E-state index is 14.2. The van der Waals surface area contributed by atoms with Gasteiger partial charge >= 0.3 is 30.3 Å². The van der Waals surface area contributed by atoms with E-state index < -0.39 is 47.6 Å². The molecule has 0 atom stereocenters. The smallest absolute Gasteiger partial charge is 0.475 e. The topological polar surface area (TPSA) is 184 Å². The maximum Gasteiger partial charge on any atom is 0.490 e. The third-order valence-electron chi connectivity index (χ3n) is 7.18. The third kappa shape index (κ3) is 13.5. The maximum atomic E-state index is 14.2. The number of barbiturate groups is 1. The Labute approximate surface area is 306 Å². The number of aliphatic carboxylic acids is 2. The van der Waals surface area contributed by atoms with Crippen LogP contribution in [-0.4, -0.2) is 88.3 Å². The first-order valence-corrected chi connectivity index (χ1v) is 16.6. The van der Waals surface area contributed by atoms with Crippen LogP contribution in [0.2, 0.25) is 0 Å². The molecule has 0 radical (unpaired) electrons. The number of alkyl halides is 6. The number of carbonyl (C=O) groups is 5. The van der Waals surface area contributed by atoms with Gasteiger partial charge in [-0.15, -0.1) is 0 Å². The Morgan fingerprint density at radius 1 is 0.706 bits per heavy atom. The van der Waals surface area contributed by atoms with Crippen molar-refractivity contribution in [2.24, 2.45) is 16.9 Å². The number of hydrogen-bond donors (Lipinski definition) is 4. The number of rotatable bonds is 10. The molecular weight excluding hydrogens is 826 g/mol. The van der Waals surface area contributed by atoms with Gasteiger partial charge in [0.25, 0.3) is 0 Å². The van der Waals surface area contributed by atoms with E-state index in [9.17, 15) is 40.7 Å². The molecule has 19 heteroatoms. The summed E-state index contributed by atoms with van der Waals surface area (Å²) in [6, 6.07) is 13.2. The summed E-state index contributed by atoms with van der Waals surface area (Å²) in [4.78, 5) is 61.9.